The number of hydrogen-bond acceptors (Lipinski definition) is 5. The van der Waals surface area contributed by atoms with Crippen molar-refractivity contribution in [2.75, 3.05) is 72.3 Å². The van der Waals surface area contributed by atoms with Crippen LogP contribution in [0, 0.1) is 0 Å². The number of carbonyl (C=O) groups is 2. The van der Waals surface area contributed by atoms with Crippen molar-refractivity contribution in [3.05, 3.63) is 24.3 Å². The van der Waals surface area contributed by atoms with Crippen molar-refractivity contribution in [3.8, 4) is 5.75 Å². The van der Waals surface area contributed by atoms with Gasteiger partial charge in [0.1, 0.15) is 18.4 Å². The van der Waals surface area contributed by atoms with Gasteiger partial charge in [-0.25, -0.2) is 4.79 Å². The van der Waals surface area contributed by atoms with Crippen LogP contribution in [0.15, 0.2) is 24.3 Å². The van der Waals surface area contributed by atoms with E-state index in [-0.39, 0.29) is 18.0 Å². The van der Waals surface area contributed by atoms with Crippen LogP contribution in [0.3, 0.4) is 0 Å². The van der Waals surface area contributed by atoms with Gasteiger partial charge in [-0.05, 0) is 44.2 Å². The maximum absolute atomic E-state index is 12.6. The number of likely N-dealkylation sites (N-methyl/N-ethyl adjacent to an activating group) is 2. The van der Waals surface area contributed by atoms with Gasteiger partial charge in [0.05, 0.1) is 0 Å². The van der Waals surface area contributed by atoms with Crippen molar-refractivity contribution in [2.24, 2.45) is 0 Å². The Hall–Kier alpha value is -2.32. The number of benzene rings is 1. The van der Waals surface area contributed by atoms with E-state index in [2.05, 4.69) is 22.2 Å². The molecular formula is C21H33N5O3. The van der Waals surface area contributed by atoms with Gasteiger partial charge in [0.2, 0.25) is 5.91 Å². The van der Waals surface area contributed by atoms with Crippen molar-refractivity contribution in [1.29, 1.82) is 0 Å². The minimum absolute atomic E-state index is 0.0262. The second-order valence-corrected chi connectivity index (χ2v) is 8.03. The third-order valence-electron chi connectivity index (χ3n) is 5.62. The highest BCUT2D eigenvalue weighted by atomic mass is 16.5. The molecule has 0 unspecified atom stereocenters. The lowest BCUT2D eigenvalue weighted by atomic mass is 10.2. The van der Waals surface area contributed by atoms with Crippen LogP contribution < -0.4 is 10.1 Å². The van der Waals surface area contributed by atoms with Crippen LogP contribution in [0.4, 0.5) is 10.5 Å². The summed E-state index contributed by atoms with van der Waals surface area (Å²) in [6, 6.07) is 6.80. The van der Waals surface area contributed by atoms with E-state index in [1.807, 2.05) is 24.3 Å². The Morgan fingerprint density at radius 3 is 2.45 bits per heavy atom. The molecule has 3 amide bonds. The predicted octanol–water partition coefficient (Wildman–Crippen LogP) is 1.40. The van der Waals surface area contributed by atoms with Crippen LogP contribution >= 0.6 is 0 Å². The first-order chi connectivity index (χ1) is 13.9. The van der Waals surface area contributed by atoms with Gasteiger partial charge in [0.15, 0.2) is 0 Å². The van der Waals surface area contributed by atoms with Gasteiger partial charge in [-0.2, -0.15) is 0 Å². The van der Waals surface area contributed by atoms with Gasteiger partial charge in [-0.3, -0.25) is 9.69 Å². The van der Waals surface area contributed by atoms with E-state index in [0.717, 1.165) is 44.9 Å². The lowest BCUT2D eigenvalue weighted by Crippen LogP contribution is -2.47. The summed E-state index contributed by atoms with van der Waals surface area (Å²) < 4.78 is 5.84. The average molecular weight is 404 g/mol. The van der Waals surface area contributed by atoms with E-state index >= 15 is 0 Å². The number of urea groups is 1. The molecular weight excluding hydrogens is 370 g/mol. The van der Waals surface area contributed by atoms with Crippen LogP contribution in [-0.2, 0) is 4.79 Å². The molecule has 1 aromatic carbocycles. The lowest BCUT2D eigenvalue weighted by Gasteiger charge is -2.32. The molecule has 1 aromatic rings. The number of amides is 3. The summed E-state index contributed by atoms with van der Waals surface area (Å²) in [5.41, 5.74) is 0.698. The fourth-order valence-electron chi connectivity index (χ4n) is 3.76. The number of likely N-dealkylation sites (tertiary alicyclic amines) is 1. The minimum atomic E-state index is -0.373. The van der Waals surface area contributed by atoms with E-state index in [0.29, 0.717) is 25.3 Å². The fourth-order valence-corrected chi connectivity index (χ4v) is 3.76. The summed E-state index contributed by atoms with van der Waals surface area (Å²) >= 11 is 0. The standard InChI is InChI=1S/C21H33N5O3/c1-23(2)20(27)19-5-4-10-26(19)21(28)22-17-6-8-18(9-7-17)29-16-15-25-13-11-24(3)12-14-25/h6-9,19H,4-5,10-16H2,1-3H3,(H,22,28)/t19-/m1/s1. The molecule has 2 fully saturated rings. The summed E-state index contributed by atoms with van der Waals surface area (Å²) in [5, 5.41) is 2.89. The second-order valence-electron chi connectivity index (χ2n) is 8.03. The van der Waals surface area contributed by atoms with Gasteiger partial charge in [-0.1, -0.05) is 0 Å². The molecule has 1 N–H and O–H groups in total. The lowest BCUT2D eigenvalue weighted by molar-refractivity contribution is -0.132. The molecule has 0 bridgehead atoms. The summed E-state index contributed by atoms with van der Waals surface area (Å²) in [5.74, 6) is 0.765. The molecule has 2 aliphatic heterocycles. The Balaban J connectivity index is 1.45. The van der Waals surface area contributed by atoms with Crippen LogP contribution in [-0.4, -0.2) is 105 Å². The first-order valence-corrected chi connectivity index (χ1v) is 10.4. The normalized spacial score (nSPS) is 20.5. The third-order valence-corrected chi connectivity index (χ3v) is 5.62. The molecule has 8 nitrogen and oxygen atoms in total. The molecule has 8 heteroatoms. The molecule has 0 spiro atoms. The number of ether oxygens (including phenoxy) is 1. The molecule has 2 aliphatic rings. The summed E-state index contributed by atoms with van der Waals surface area (Å²) in [6.07, 6.45) is 1.56. The summed E-state index contributed by atoms with van der Waals surface area (Å²) in [6.45, 7) is 6.54. The summed E-state index contributed by atoms with van der Waals surface area (Å²) in [7, 11) is 5.59. The smallest absolute Gasteiger partial charge is 0.322 e. The zero-order valence-electron chi connectivity index (χ0n) is 17.8. The maximum atomic E-state index is 12.6. The van der Waals surface area contributed by atoms with Gasteiger partial charge in [0.25, 0.3) is 0 Å². The van der Waals surface area contributed by atoms with Crippen molar-refractivity contribution in [3.63, 3.8) is 0 Å². The van der Waals surface area contributed by atoms with E-state index in [1.165, 1.54) is 0 Å². The highest BCUT2D eigenvalue weighted by Gasteiger charge is 2.34. The fraction of sp³-hybridized carbons (Fsp3) is 0.619. The van der Waals surface area contributed by atoms with Crippen molar-refractivity contribution in [2.45, 2.75) is 18.9 Å². The van der Waals surface area contributed by atoms with Crippen LogP contribution in [0.2, 0.25) is 0 Å². The molecule has 29 heavy (non-hydrogen) atoms. The van der Waals surface area contributed by atoms with E-state index in [4.69, 9.17) is 4.74 Å². The van der Waals surface area contributed by atoms with Gasteiger partial charge < -0.3 is 24.8 Å². The number of piperazine rings is 1. The van der Waals surface area contributed by atoms with Crippen molar-refractivity contribution < 1.29 is 14.3 Å². The van der Waals surface area contributed by atoms with Gasteiger partial charge in [-0.15, -0.1) is 0 Å². The molecule has 0 radical (unpaired) electrons. The van der Waals surface area contributed by atoms with Crippen molar-refractivity contribution >= 4 is 17.6 Å². The average Bonchev–Trinajstić information content (AvgIpc) is 3.20. The third kappa shape index (κ3) is 5.83. The maximum Gasteiger partial charge on any atom is 0.322 e. The molecule has 0 aliphatic carbocycles. The zero-order chi connectivity index (χ0) is 20.8. The number of carbonyl (C=O) groups excluding carboxylic acids is 2. The second kappa shape index (κ2) is 9.93. The number of nitrogens with zero attached hydrogens (tertiary/aromatic N) is 4. The molecule has 1 atom stereocenters. The van der Waals surface area contributed by atoms with E-state index < -0.39 is 0 Å². The Morgan fingerprint density at radius 1 is 1.10 bits per heavy atom. The highest BCUT2D eigenvalue weighted by Crippen LogP contribution is 2.21. The zero-order valence-corrected chi connectivity index (χ0v) is 17.8. The SMILES string of the molecule is CN1CCN(CCOc2ccc(NC(=O)N3CCC[C@@H]3C(=O)N(C)C)cc2)CC1. The summed E-state index contributed by atoms with van der Waals surface area (Å²) in [4.78, 5) is 32.8. The van der Waals surface area contributed by atoms with E-state index in [1.54, 1.807) is 23.9 Å². The number of nitrogens with one attached hydrogen (secondary N) is 1. The largest absolute Gasteiger partial charge is 0.492 e. The first-order valence-electron chi connectivity index (χ1n) is 10.4. The van der Waals surface area contributed by atoms with Gasteiger partial charge in [0, 0.05) is 59.1 Å². The first kappa shape index (κ1) is 21.4. The predicted molar refractivity (Wildman–Crippen MR) is 113 cm³/mol. The Kier molecular flexibility index (Phi) is 7.33. The molecule has 2 saturated heterocycles. The Morgan fingerprint density at radius 2 is 1.79 bits per heavy atom. The van der Waals surface area contributed by atoms with Gasteiger partial charge >= 0.3 is 6.03 Å². The topological polar surface area (TPSA) is 68.4 Å². The molecule has 3 rings (SSSR count). The Bertz CT molecular complexity index is 686. The monoisotopic (exact) mass is 403 g/mol. The quantitative estimate of drug-likeness (QED) is 0.778. The minimum Gasteiger partial charge on any atom is -0.492 e. The van der Waals surface area contributed by atoms with Crippen molar-refractivity contribution in [1.82, 2.24) is 19.6 Å². The molecule has 0 aromatic heterocycles. The van der Waals surface area contributed by atoms with Crippen LogP contribution in [0.25, 0.3) is 0 Å². The highest BCUT2D eigenvalue weighted by molar-refractivity contribution is 5.94. The number of hydrogen-bond donors (Lipinski definition) is 1. The molecule has 0 saturated carbocycles. The number of rotatable bonds is 6. The van der Waals surface area contributed by atoms with Crippen LogP contribution in [0.1, 0.15) is 12.8 Å². The molecule has 160 valence electrons. The van der Waals surface area contributed by atoms with E-state index in [9.17, 15) is 9.59 Å². The molecule has 2 heterocycles. The van der Waals surface area contributed by atoms with Crippen LogP contribution in [0.5, 0.6) is 5.75 Å². The Labute approximate surface area is 173 Å². The number of anilines is 1.